The number of halogens is 1. The first-order valence-electron chi connectivity index (χ1n) is 10.9. The predicted octanol–water partition coefficient (Wildman–Crippen LogP) is 4.55. The van der Waals surface area contributed by atoms with Gasteiger partial charge in [-0.25, -0.2) is 9.18 Å². The molecule has 1 aliphatic rings. The van der Waals surface area contributed by atoms with Crippen LogP contribution in [0.25, 0.3) is 0 Å². The second-order valence-electron chi connectivity index (χ2n) is 7.73. The molecule has 1 amide bonds. The molecule has 11 heteroatoms. The molecule has 2 aromatic heterocycles. The van der Waals surface area contributed by atoms with Crippen LogP contribution < -0.4 is 10.1 Å². The third-order valence-electron chi connectivity index (χ3n) is 5.34. The number of anilines is 1. The number of aromatic nitrogens is 3. The summed E-state index contributed by atoms with van der Waals surface area (Å²) in [6.45, 7) is 3.87. The largest absolute Gasteiger partial charge is 0.483 e. The first-order chi connectivity index (χ1) is 16.4. The number of amides is 1. The lowest BCUT2D eigenvalue weighted by atomic mass is 10.1. The fourth-order valence-corrected chi connectivity index (χ4v) is 5.79. The molecule has 0 bridgehead atoms. The smallest absolute Gasteiger partial charge is 0.341 e. The standard InChI is InChI=1S/C23H25FN4O4S2/c1-4-31-22(30)19-16-6-5-7-17(16)34-21(19)25-18(29)12-33-23-27-26-20(28(23)3)13(2)32-15-10-8-14(24)9-11-15/h8-11,13H,4-7,12H2,1-3H3,(H,25,29). The van der Waals surface area contributed by atoms with E-state index in [-0.39, 0.29) is 24.1 Å². The number of rotatable bonds is 9. The SMILES string of the molecule is CCOC(=O)c1c(NC(=O)CSc2nnc(C(C)Oc3ccc(F)cc3)n2C)sc2c1CCC2. The lowest BCUT2D eigenvalue weighted by Gasteiger charge is -2.14. The van der Waals surface area contributed by atoms with Crippen LogP contribution in [-0.2, 0) is 29.4 Å². The highest BCUT2D eigenvalue weighted by atomic mass is 32.2. The van der Waals surface area contributed by atoms with Crippen LogP contribution in [0.2, 0.25) is 0 Å². The molecule has 8 nitrogen and oxygen atoms in total. The number of thioether (sulfide) groups is 1. The third-order valence-corrected chi connectivity index (χ3v) is 7.57. The molecule has 1 atom stereocenters. The number of thiophene rings is 1. The van der Waals surface area contributed by atoms with Gasteiger partial charge in [-0.3, -0.25) is 4.79 Å². The Morgan fingerprint density at radius 3 is 2.76 bits per heavy atom. The molecule has 1 aromatic carbocycles. The van der Waals surface area contributed by atoms with E-state index < -0.39 is 12.1 Å². The maximum Gasteiger partial charge on any atom is 0.341 e. The van der Waals surface area contributed by atoms with E-state index >= 15 is 0 Å². The Kier molecular flexibility index (Phi) is 7.52. The molecule has 0 saturated carbocycles. The van der Waals surface area contributed by atoms with E-state index in [1.54, 1.807) is 30.7 Å². The Hall–Kier alpha value is -2.92. The molecule has 4 rings (SSSR count). The van der Waals surface area contributed by atoms with Gasteiger partial charge in [-0.2, -0.15) is 0 Å². The van der Waals surface area contributed by atoms with Gasteiger partial charge < -0.3 is 19.4 Å². The van der Waals surface area contributed by atoms with Crippen LogP contribution in [0.15, 0.2) is 29.4 Å². The summed E-state index contributed by atoms with van der Waals surface area (Å²) in [6, 6.07) is 5.75. The summed E-state index contributed by atoms with van der Waals surface area (Å²) >= 11 is 2.69. The van der Waals surface area contributed by atoms with E-state index in [9.17, 15) is 14.0 Å². The first kappa shape index (κ1) is 24.2. The number of esters is 1. The minimum atomic E-state index is -0.424. The van der Waals surface area contributed by atoms with E-state index in [4.69, 9.17) is 9.47 Å². The highest BCUT2D eigenvalue weighted by Gasteiger charge is 2.28. The van der Waals surface area contributed by atoms with Crippen molar-refractivity contribution in [2.45, 2.75) is 44.4 Å². The minimum absolute atomic E-state index is 0.101. The summed E-state index contributed by atoms with van der Waals surface area (Å²) in [5, 5.41) is 12.3. The fraction of sp³-hybridized carbons (Fsp3) is 0.391. The van der Waals surface area contributed by atoms with Crippen molar-refractivity contribution in [1.82, 2.24) is 14.8 Å². The zero-order valence-electron chi connectivity index (χ0n) is 19.1. The van der Waals surface area contributed by atoms with Crippen molar-refractivity contribution in [2.75, 3.05) is 17.7 Å². The Balaban J connectivity index is 1.38. The number of ether oxygens (including phenoxy) is 2. The van der Waals surface area contributed by atoms with Crippen LogP contribution in [0.3, 0.4) is 0 Å². The Morgan fingerprint density at radius 2 is 2.03 bits per heavy atom. The number of carbonyl (C=O) groups excluding carboxylic acids is 2. The van der Waals surface area contributed by atoms with Crippen molar-refractivity contribution in [1.29, 1.82) is 0 Å². The number of nitrogens with zero attached hydrogens (tertiary/aromatic N) is 3. The molecular weight excluding hydrogens is 479 g/mol. The van der Waals surface area contributed by atoms with Crippen LogP contribution in [0.4, 0.5) is 9.39 Å². The second kappa shape index (κ2) is 10.6. The molecule has 0 radical (unpaired) electrons. The topological polar surface area (TPSA) is 95.3 Å². The van der Waals surface area contributed by atoms with Crippen LogP contribution in [0.1, 0.15) is 53.0 Å². The van der Waals surface area contributed by atoms with Gasteiger partial charge in [0.05, 0.1) is 17.9 Å². The lowest BCUT2D eigenvalue weighted by Crippen LogP contribution is -2.17. The zero-order chi connectivity index (χ0) is 24.2. The molecule has 34 heavy (non-hydrogen) atoms. The number of hydrogen-bond acceptors (Lipinski definition) is 8. The zero-order valence-corrected chi connectivity index (χ0v) is 20.7. The lowest BCUT2D eigenvalue weighted by molar-refractivity contribution is -0.113. The van der Waals surface area contributed by atoms with Gasteiger partial charge in [0, 0.05) is 11.9 Å². The van der Waals surface area contributed by atoms with Gasteiger partial charge in [-0.1, -0.05) is 11.8 Å². The van der Waals surface area contributed by atoms with E-state index in [1.807, 2.05) is 6.92 Å². The second-order valence-corrected chi connectivity index (χ2v) is 9.78. The molecule has 0 aliphatic heterocycles. The summed E-state index contributed by atoms with van der Waals surface area (Å²) < 4.78 is 25.9. The predicted molar refractivity (Wildman–Crippen MR) is 128 cm³/mol. The van der Waals surface area contributed by atoms with Crippen LogP contribution in [-0.4, -0.2) is 39.0 Å². The molecule has 0 spiro atoms. The number of nitrogens with one attached hydrogen (secondary N) is 1. The Bertz CT molecular complexity index is 1190. The van der Waals surface area contributed by atoms with Gasteiger partial charge in [0.2, 0.25) is 5.91 Å². The number of carbonyl (C=O) groups is 2. The third kappa shape index (κ3) is 5.25. The van der Waals surface area contributed by atoms with Crippen molar-refractivity contribution < 1.29 is 23.5 Å². The van der Waals surface area contributed by atoms with Crippen molar-refractivity contribution >= 4 is 40.0 Å². The number of aryl methyl sites for hydroxylation is 1. The van der Waals surface area contributed by atoms with Crippen LogP contribution in [0, 0.1) is 5.82 Å². The normalized spacial score (nSPS) is 13.4. The molecule has 2 heterocycles. The van der Waals surface area contributed by atoms with Crippen molar-refractivity contribution in [3.8, 4) is 5.75 Å². The fourth-order valence-electron chi connectivity index (χ4n) is 3.78. The van der Waals surface area contributed by atoms with Crippen molar-refractivity contribution in [3.63, 3.8) is 0 Å². The van der Waals surface area contributed by atoms with E-state index in [0.29, 0.717) is 27.3 Å². The average molecular weight is 505 g/mol. The summed E-state index contributed by atoms with van der Waals surface area (Å²) in [4.78, 5) is 26.3. The first-order valence-corrected chi connectivity index (χ1v) is 12.7. The monoisotopic (exact) mass is 504 g/mol. The number of hydrogen-bond donors (Lipinski definition) is 1. The number of fused-ring (bicyclic) bond motifs is 1. The van der Waals surface area contributed by atoms with Crippen LogP contribution >= 0.6 is 23.1 Å². The molecule has 0 saturated heterocycles. The highest BCUT2D eigenvalue weighted by molar-refractivity contribution is 7.99. The minimum Gasteiger partial charge on any atom is -0.483 e. The van der Waals surface area contributed by atoms with Gasteiger partial charge in [0.1, 0.15) is 16.6 Å². The van der Waals surface area contributed by atoms with Gasteiger partial charge in [0.15, 0.2) is 17.1 Å². The molecular formula is C23H25FN4O4S2. The molecule has 0 fully saturated rings. The molecule has 180 valence electrons. The number of benzene rings is 1. The van der Waals surface area contributed by atoms with Gasteiger partial charge in [-0.05, 0) is 62.9 Å². The maximum absolute atomic E-state index is 13.1. The van der Waals surface area contributed by atoms with E-state index in [1.165, 1.54) is 35.2 Å². The van der Waals surface area contributed by atoms with Crippen molar-refractivity contribution in [2.24, 2.45) is 7.05 Å². The Labute approximate surface area is 204 Å². The van der Waals surface area contributed by atoms with E-state index in [0.717, 1.165) is 29.7 Å². The van der Waals surface area contributed by atoms with Crippen molar-refractivity contribution in [3.05, 3.63) is 51.9 Å². The summed E-state index contributed by atoms with van der Waals surface area (Å²) in [5.41, 5.74) is 1.49. The van der Waals surface area contributed by atoms with E-state index in [2.05, 4.69) is 15.5 Å². The van der Waals surface area contributed by atoms with Gasteiger partial charge in [-0.15, -0.1) is 21.5 Å². The average Bonchev–Trinajstić information content (AvgIpc) is 3.48. The molecule has 3 aromatic rings. The van der Waals surface area contributed by atoms with Crippen LogP contribution in [0.5, 0.6) is 5.75 Å². The molecule has 1 aliphatic carbocycles. The maximum atomic E-state index is 13.1. The summed E-state index contributed by atoms with van der Waals surface area (Å²) in [7, 11) is 1.79. The molecule has 1 unspecified atom stereocenters. The Morgan fingerprint density at radius 1 is 1.26 bits per heavy atom. The summed E-state index contributed by atoms with van der Waals surface area (Å²) in [6.07, 6.45) is 2.32. The summed E-state index contributed by atoms with van der Waals surface area (Å²) in [5.74, 6) is 0.229. The highest BCUT2D eigenvalue weighted by Crippen LogP contribution is 2.39. The van der Waals surface area contributed by atoms with Gasteiger partial charge in [0.25, 0.3) is 0 Å². The molecule has 1 N–H and O–H groups in total. The quantitative estimate of drug-likeness (QED) is 0.337. The van der Waals surface area contributed by atoms with Gasteiger partial charge >= 0.3 is 5.97 Å².